The Bertz CT molecular complexity index is 923. The van der Waals surface area contributed by atoms with E-state index in [9.17, 15) is 8.42 Å². The molecule has 2 aliphatic rings. The summed E-state index contributed by atoms with van der Waals surface area (Å²) in [6.07, 6.45) is 1.15. The van der Waals surface area contributed by atoms with E-state index in [1.54, 1.807) is 30.3 Å². The molecule has 1 fully saturated rings. The van der Waals surface area contributed by atoms with Gasteiger partial charge in [0.15, 0.2) is 0 Å². The van der Waals surface area contributed by atoms with Crippen LogP contribution in [0.5, 0.6) is 11.5 Å². The minimum absolute atomic E-state index is 0.121. The van der Waals surface area contributed by atoms with Crippen molar-refractivity contribution in [3.05, 3.63) is 53.1 Å². The van der Waals surface area contributed by atoms with Gasteiger partial charge in [0.25, 0.3) is 0 Å². The Hall–Kier alpha value is -2.05. The molecule has 0 radical (unpaired) electrons. The van der Waals surface area contributed by atoms with Crippen molar-refractivity contribution in [1.29, 1.82) is 0 Å². The maximum absolute atomic E-state index is 12.5. The van der Waals surface area contributed by atoms with Crippen molar-refractivity contribution < 1.29 is 17.3 Å². The fraction of sp³-hybridized carbons (Fsp3) is 0.368. The fourth-order valence-corrected chi connectivity index (χ4v) is 4.50. The van der Waals surface area contributed by atoms with Gasteiger partial charge in [0.1, 0.15) is 22.5 Å². The third kappa shape index (κ3) is 3.00. The third-order valence-corrected chi connectivity index (χ3v) is 6.31. The van der Waals surface area contributed by atoms with E-state index >= 15 is 0 Å². The first-order valence-corrected chi connectivity index (χ1v) is 9.88. The van der Waals surface area contributed by atoms with Crippen molar-refractivity contribution in [2.75, 3.05) is 13.1 Å². The lowest BCUT2D eigenvalue weighted by Crippen LogP contribution is -2.39. The van der Waals surface area contributed by atoms with Gasteiger partial charge in [0.2, 0.25) is 0 Å². The zero-order valence-electron chi connectivity index (χ0n) is 14.3. The van der Waals surface area contributed by atoms with Crippen molar-refractivity contribution >= 4 is 10.1 Å². The van der Waals surface area contributed by atoms with Crippen LogP contribution in [0, 0.1) is 13.8 Å². The summed E-state index contributed by atoms with van der Waals surface area (Å²) in [6.45, 7) is 5.62. The molecule has 0 aliphatic carbocycles. The number of ether oxygens (including phenoxy) is 1. The number of piperidine rings is 1. The molecule has 6 heteroatoms. The Labute approximate surface area is 148 Å². The first kappa shape index (κ1) is 16.4. The van der Waals surface area contributed by atoms with Gasteiger partial charge < -0.3 is 14.2 Å². The zero-order chi connectivity index (χ0) is 17.6. The topological polar surface area (TPSA) is 64.6 Å². The Morgan fingerprint density at radius 2 is 1.96 bits per heavy atom. The predicted octanol–water partition coefficient (Wildman–Crippen LogP) is 2.91. The average molecular weight is 359 g/mol. The summed E-state index contributed by atoms with van der Waals surface area (Å²) in [5.41, 5.74) is 3.10. The number of fused-ring (bicyclic) bond motifs is 3. The standard InChI is InChI=1S/C19H21NO4S/c1-12-3-5-15(9-13(12)2)25(21,22)24-14-4-6-16-17-7-8-20-11-19(17)23-18(16)10-14/h3-6,9-10,17,19-20H,7-8,11H2,1-2H3. The van der Waals surface area contributed by atoms with Gasteiger partial charge in [0, 0.05) is 24.1 Å². The molecule has 0 bridgehead atoms. The Balaban J connectivity index is 1.60. The summed E-state index contributed by atoms with van der Waals surface area (Å²) in [7, 11) is -3.86. The molecule has 1 saturated heterocycles. The smallest absolute Gasteiger partial charge is 0.339 e. The van der Waals surface area contributed by atoms with Crippen LogP contribution in [0.25, 0.3) is 0 Å². The van der Waals surface area contributed by atoms with Crippen LogP contribution in [0.15, 0.2) is 41.3 Å². The van der Waals surface area contributed by atoms with Crippen molar-refractivity contribution in [2.24, 2.45) is 0 Å². The van der Waals surface area contributed by atoms with Crippen LogP contribution in [-0.2, 0) is 10.1 Å². The molecule has 4 rings (SSSR count). The summed E-state index contributed by atoms with van der Waals surface area (Å²) < 4.78 is 36.4. The lowest BCUT2D eigenvalue weighted by molar-refractivity contribution is 0.176. The van der Waals surface area contributed by atoms with Gasteiger partial charge in [-0.2, -0.15) is 8.42 Å². The highest BCUT2D eigenvalue weighted by Crippen LogP contribution is 2.43. The number of hydrogen-bond donors (Lipinski definition) is 1. The molecule has 1 N–H and O–H groups in total. The number of rotatable bonds is 3. The molecule has 25 heavy (non-hydrogen) atoms. The van der Waals surface area contributed by atoms with Crippen LogP contribution in [0.3, 0.4) is 0 Å². The Morgan fingerprint density at radius 1 is 1.12 bits per heavy atom. The summed E-state index contributed by atoms with van der Waals surface area (Å²) in [4.78, 5) is 0.162. The van der Waals surface area contributed by atoms with E-state index in [2.05, 4.69) is 5.32 Å². The summed E-state index contributed by atoms with van der Waals surface area (Å²) in [6, 6.07) is 10.3. The summed E-state index contributed by atoms with van der Waals surface area (Å²) >= 11 is 0. The molecule has 2 aliphatic heterocycles. The average Bonchev–Trinajstić information content (AvgIpc) is 2.94. The van der Waals surface area contributed by atoms with Gasteiger partial charge in [-0.15, -0.1) is 0 Å². The number of aryl methyl sites for hydroxylation is 2. The first-order valence-electron chi connectivity index (χ1n) is 8.47. The van der Waals surface area contributed by atoms with Gasteiger partial charge in [0.05, 0.1) is 0 Å². The van der Waals surface area contributed by atoms with Crippen LogP contribution in [0.2, 0.25) is 0 Å². The SMILES string of the molecule is Cc1ccc(S(=O)(=O)Oc2ccc3c(c2)OC2CNCCC32)cc1C. The Kier molecular flexibility index (Phi) is 3.96. The van der Waals surface area contributed by atoms with E-state index in [1.807, 2.05) is 19.9 Å². The molecule has 0 spiro atoms. The van der Waals surface area contributed by atoms with Gasteiger partial charge in [-0.1, -0.05) is 12.1 Å². The lowest BCUT2D eigenvalue weighted by atomic mass is 9.90. The van der Waals surface area contributed by atoms with E-state index in [1.165, 1.54) is 0 Å². The molecule has 2 unspecified atom stereocenters. The summed E-state index contributed by atoms with van der Waals surface area (Å²) in [5.74, 6) is 1.39. The molecule has 2 aromatic rings. The van der Waals surface area contributed by atoms with Crippen molar-refractivity contribution in [3.8, 4) is 11.5 Å². The van der Waals surface area contributed by atoms with Crippen molar-refractivity contribution in [2.45, 2.75) is 37.2 Å². The quantitative estimate of drug-likeness (QED) is 0.854. The van der Waals surface area contributed by atoms with Crippen LogP contribution in [0.1, 0.15) is 29.0 Å². The molecule has 2 atom stereocenters. The molecule has 0 aromatic heterocycles. The van der Waals surface area contributed by atoms with Crippen LogP contribution < -0.4 is 14.2 Å². The van der Waals surface area contributed by atoms with Crippen molar-refractivity contribution in [1.82, 2.24) is 5.32 Å². The minimum Gasteiger partial charge on any atom is -0.488 e. The molecule has 0 amide bonds. The van der Waals surface area contributed by atoms with E-state index in [0.29, 0.717) is 5.92 Å². The van der Waals surface area contributed by atoms with Crippen molar-refractivity contribution in [3.63, 3.8) is 0 Å². The van der Waals surface area contributed by atoms with E-state index in [-0.39, 0.29) is 16.7 Å². The minimum atomic E-state index is -3.86. The molecule has 0 saturated carbocycles. The molecular formula is C19H21NO4S. The predicted molar refractivity (Wildman–Crippen MR) is 94.8 cm³/mol. The Morgan fingerprint density at radius 3 is 2.76 bits per heavy atom. The van der Waals surface area contributed by atoms with Gasteiger partial charge >= 0.3 is 10.1 Å². The van der Waals surface area contributed by atoms with E-state index in [4.69, 9.17) is 8.92 Å². The highest BCUT2D eigenvalue weighted by molar-refractivity contribution is 7.87. The van der Waals surface area contributed by atoms with E-state index in [0.717, 1.165) is 42.0 Å². The molecule has 5 nitrogen and oxygen atoms in total. The molecule has 132 valence electrons. The number of nitrogens with one attached hydrogen (secondary N) is 1. The van der Waals surface area contributed by atoms with Crippen LogP contribution in [-0.4, -0.2) is 27.6 Å². The third-order valence-electron chi connectivity index (χ3n) is 5.06. The second-order valence-electron chi connectivity index (χ2n) is 6.74. The second kappa shape index (κ2) is 6.04. The maximum atomic E-state index is 12.5. The molecule has 2 aromatic carbocycles. The monoisotopic (exact) mass is 359 g/mol. The second-order valence-corrected chi connectivity index (χ2v) is 8.29. The number of benzene rings is 2. The van der Waals surface area contributed by atoms with E-state index < -0.39 is 10.1 Å². The number of hydrogen-bond acceptors (Lipinski definition) is 5. The highest BCUT2D eigenvalue weighted by Gasteiger charge is 2.36. The lowest BCUT2D eigenvalue weighted by Gasteiger charge is -2.24. The van der Waals surface area contributed by atoms with Gasteiger partial charge in [-0.3, -0.25) is 0 Å². The summed E-state index contributed by atoms with van der Waals surface area (Å²) in [5, 5.41) is 3.32. The van der Waals surface area contributed by atoms with Crippen LogP contribution >= 0.6 is 0 Å². The zero-order valence-corrected chi connectivity index (χ0v) is 15.1. The van der Waals surface area contributed by atoms with Gasteiger partial charge in [-0.25, -0.2) is 0 Å². The van der Waals surface area contributed by atoms with Gasteiger partial charge in [-0.05, 0) is 56.1 Å². The largest absolute Gasteiger partial charge is 0.488 e. The first-order chi connectivity index (χ1) is 11.9. The normalized spacial score (nSPS) is 22.0. The highest BCUT2D eigenvalue weighted by atomic mass is 32.2. The van der Waals surface area contributed by atoms with Crippen LogP contribution in [0.4, 0.5) is 0 Å². The molecular weight excluding hydrogens is 338 g/mol. The molecule has 2 heterocycles. The maximum Gasteiger partial charge on any atom is 0.339 e. The fourth-order valence-electron chi connectivity index (χ4n) is 3.49.